The Morgan fingerprint density at radius 2 is 1.59 bits per heavy atom. The van der Waals surface area contributed by atoms with Gasteiger partial charge in [-0.25, -0.2) is 0 Å². The molecule has 0 aliphatic rings. The lowest BCUT2D eigenvalue weighted by molar-refractivity contribution is 1.07. The molecule has 2 nitrogen and oxygen atoms in total. The van der Waals surface area contributed by atoms with Crippen LogP contribution in [0.25, 0.3) is 11.1 Å². The van der Waals surface area contributed by atoms with E-state index >= 15 is 0 Å². The van der Waals surface area contributed by atoms with E-state index in [1.54, 1.807) is 0 Å². The summed E-state index contributed by atoms with van der Waals surface area (Å²) in [6.45, 7) is 0.575. The Labute approximate surface area is 103 Å². The van der Waals surface area contributed by atoms with Crippen molar-refractivity contribution in [1.29, 1.82) is 0 Å². The molecule has 0 saturated heterocycles. The number of nitrogens with two attached hydrogens (primary N) is 1. The van der Waals surface area contributed by atoms with Crippen molar-refractivity contribution in [3.05, 3.63) is 54.1 Å². The molecular weight excluding hydrogens is 208 g/mol. The van der Waals surface area contributed by atoms with Crippen LogP contribution in [0, 0.1) is 0 Å². The molecule has 0 atom stereocenters. The third-order valence-corrected chi connectivity index (χ3v) is 2.93. The van der Waals surface area contributed by atoms with Gasteiger partial charge in [0.25, 0.3) is 0 Å². The summed E-state index contributed by atoms with van der Waals surface area (Å²) in [5.74, 6) is 0. The summed E-state index contributed by atoms with van der Waals surface area (Å²) >= 11 is 0. The maximum Gasteiger partial charge on any atom is 0.0361 e. The Morgan fingerprint density at radius 3 is 2.18 bits per heavy atom. The minimum absolute atomic E-state index is 0.575. The van der Waals surface area contributed by atoms with Crippen molar-refractivity contribution in [3.8, 4) is 11.1 Å². The average Bonchev–Trinajstić information content (AvgIpc) is 2.39. The predicted molar refractivity (Wildman–Crippen MR) is 74.1 cm³/mol. The highest BCUT2D eigenvalue weighted by Crippen LogP contribution is 2.25. The van der Waals surface area contributed by atoms with Crippen LogP contribution in [-0.2, 0) is 6.54 Å². The fourth-order valence-corrected chi connectivity index (χ4v) is 1.92. The molecule has 0 amide bonds. The lowest BCUT2D eigenvalue weighted by atomic mass is 9.99. The molecule has 0 bridgehead atoms. The van der Waals surface area contributed by atoms with Crippen molar-refractivity contribution < 1.29 is 0 Å². The Bertz CT molecular complexity index is 487. The van der Waals surface area contributed by atoms with E-state index in [-0.39, 0.29) is 0 Å². The number of anilines is 1. The first-order valence-electron chi connectivity index (χ1n) is 5.78. The fraction of sp³-hybridized carbons (Fsp3) is 0.200. The summed E-state index contributed by atoms with van der Waals surface area (Å²) in [6, 6.07) is 16.8. The summed E-state index contributed by atoms with van der Waals surface area (Å²) in [7, 11) is 4.09. The summed E-state index contributed by atoms with van der Waals surface area (Å²) < 4.78 is 0. The normalized spacial score (nSPS) is 10.3. The van der Waals surface area contributed by atoms with Crippen LogP contribution in [0.2, 0.25) is 0 Å². The monoisotopic (exact) mass is 226 g/mol. The lowest BCUT2D eigenvalue weighted by Crippen LogP contribution is -2.08. The quantitative estimate of drug-likeness (QED) is 0.872. The van der Waals surface area contributed by atoms with E-state index in [0.29, 0.717) is 6.54 Å². The molecule has 88 valence electrons. The number of nitrogens with zero attached hydrogens (tertiary/aromatic N) is 1. The molecule has 2 aromatic carbocycles. The van der Waals surface area contributed by atoms with Crippen LogP contribution >= 0.6 is 0 Å². The van der Waals surface area contributed by atoms with E-state index < -0.39 is 0 Å². The van der Waals surface area contributed by atoms with Gasteiger partial charge in [-0.2, -0.15) is 0 Å². The second-order valence-corrected chi connectivity index (χ2v) is 4.30. The first-order chi connectivity index (χ1) is 8.22. The van der Waals surface area contributed by atoms with Gasteiger partial charge in [-0.05, 0) is 28.8 Å². The number of benzene rings is 2. The first-order valence-corrected chi connectivity index (χ1v) is 5.78. The van der Waals surface area contributed by atoms with E-state index in [4.69, 9.17) is 5.73 Å². The highest BCUT2D eigenvalue weighted by Gasteiger charge is 2.03. The predicted octanol–water partition coefficient (Wildman–Crippen LogP) is 2.88. The summed E-state index contributed by atoms with van der Waals surface area (Å²) in [5.41, 5.74) is 10.6. The number of rotatable bonds is 3. The van der Waals surface area contributed by atoms with Gasteiger partial charge in [-0.15, -0.1) is 0 Å². The van der Waals surface area contributed by atoms with Crippen LogP contribution in [0.4, 0.5) is 5.69 Å². The van der Waals surface area contributed by atoms with Crippen LogP contribution in [0.15, 0.2) is 48.5 Å². The van der Waals surface area contributed by atoms with Crippen molar-refractivity contribution >= 4 is 5.69 Å². The molecule has 2 heteroatoms. The van der Waals surface area contributed by atoms with Crippen LogP contribution in [0.3, 0.4) is 0 Å². The van der Waals surface area contributed by atoms with Crippen molar-refractivity contribution in [1.82, 2.24) is 0 Å². The van der Waals surface area contributed by atoms with Crippen molar-refractivity contribution in [2.75, 3.05) is 19.0 Å². The van der Waals surface area contributed by atoms with E-state index in [0.717, 1.165) is 0 Å². The van der Waals surface area contributed by atoms with Crippen molar-refractivity contribution in [2.45, 2.75) is 6.54 Å². The standard InChI is InChI=1S/C15H18N2/c1-17(2)14-9-7-12(8-10-14)15-6-4-3-5-13(15)11-16/h3-10H,11,16H2,1-2H3. The zero-order valence-corrected chi connectivity index (χ0v) is 10.4. The van der Waals surface area contributed by atoms with Crippen LogP contribution in [0.1, 0.15) is 5.56 Å². The van der Waals surface area contributed by atoms with Crippen molar-refractivity contribution in [2.24, 2.45) is 5.73 Å². The zero-order chi connectivity index (χ0) is 12.3. The maximum atomic E-state index is 5.76. The smallest absolute Gasteiger partial charge is 0.0361 e. The first kappa shape index (κ1) is 11.7. The summed E-state index contributed by atoms with van der Waals surface area (Å²) in [5, 5.41) is 0. The molecule has 2 aromatic rings. The van der Waals surface area contributed by atoms with Crippen LogP contribution in [-0.4, -0.2) is 14.1 Å². The fourth-order valence-electron chi connectivity index (χ4n) is 1.92. The summed E-state index contributed by atoms with van der Waals surface area (Å²) in [6.07, 6.45) is 0. The molecule has 0 aliphatic carbocycles. The third-order valence-electron chi connectivity index (χ3n) is 2.93. The molecule has 0 aliphatic heterocycles. The zero-order valence-electron chi connectivity index (χ0n) is 10.4. The Hall–Kier alpha value is -1.80. The maximum absolute atomic E-state index is 5.76. The van der Waals surface area contributed by atoms with E-state index in [9.17, 15) is 0 Å². The Kier molecular flexibility index (Phi) is 3.45. The van der Waals surface area contributed by atoms with Gasteiger partial charge in [-0.1, -0.05) is 36.4 Å². The minimum Gasteiger partial charge on any atom is -0.378 e. The van der Waals surface area contributed by atoms with E-state index in [1.165, 1.54) is 22.4 Å². The van der Waals surface area contributed by atoms with Crippen LogP contribution < -0.4 is 10.6 Å². The lowest BCUT2D eigenvalue weighted by Gasteiger charge is -2.13. The van der Waals surface area contributed by atoms with Gasteiger partial charge in [-0.3, -0.25) is 0 Å². The van der Waals surface area contributed by atoms with Gasteiger partial charge < -0.3 is 10.6 Å². The molecule has 0 fully saturated rings. The molecule has 0 unspecified atom stereocenters. The topological polar surface area (TPSA) is 29.3 Å². The molecule has 0 heterocycles. The van der Waals surface area contributed by atoms with Gasteiger partial charge in [0, 0.05) is 26.3 Å². The van der Waals surface area contributed by atoms with Crippen molar-refractivity contribution in [3.63, 3.8) is 0 Å². The number of hydrogen-bond donors (Lipinski definition) is 1. The molecule has 2 rings (SSSR count). The second-order valence-electron chi connectivity index (χ2n) is 4.30. The molecular formula is C15H18N2. The Balaban J connectivity index is 2.40. The van der Waals surface area contributed by atoms with Gasteiger partial charge in [0.15, 0.2) is 0 Å². The third kappa shape index (κ3) is 2.48. The molecule has 0 saturated carbocycles. The Morgan fingerprint density at radius 1 is 0.941 bits per heavy atom. The minimum atomic E-state index is 0.575. The van der Waals surface area contributed by atoms with E-state index in [1.807, 2.05) is 26.2 Å². The van der Waals surface area contributed by atoms with Gasteiger partial charge >= 0.3 is 0 Å². The molecule has 0 spiro atoms. The molecule has 0 aromatic heterocycles. The summed E-state index contributed by atoms with van der Waals surface area (Å²) in [4.78, 5) is 2.10. The molecule has 17 heavy (non-hydrogen) atoms. The van der Waals surface area contributed by atoms with Gasteiger partial charge in [0.05, 0.1) is 0 Å². The molecule has 2 N–H and O–H groups in total. The average molecular weight is 226 g/mol. The van der Waals surface area contributed by atoms with E-state index in [2.05, 4.69) is 41.3 Å². The van der Waals surface area contributed by atoms with Gasteiger partial charge in [0.2, 0.25) is 0 Å². The number of hydrogen-bond acceptors (Lipinski definition) is 2. The highest BCUT2D eigenvalue weighted by atomic mass is 15.1. The highest BCUT2D eigenvalue weighted by molar-refractivity contribution is 5.69. The van der Waals surface area contributed by atoms with Gasteiger partial charge in [0.1, 0.15) is 0 Å². The second kappa shape index (κ2) is 5.02. The SMILES string of the molecule is CN(C)c1ccc(-c2ccccc2CN)cc1. The molecule has 0 radical (unpaired) electrons. The largest absolute Gasteiger partial charge is 0.378 e. The van der Waals surface area contributed by atoms with Crippen LogP contribution in [0.5, 0.6) is 0 Å².